The molecule has 194 valence electrons. The van der Waals surface area contributed by atoms with E-state index in [1.165, 1.54) is 18.2 Å². The first-order valence-electron chi connectivity index (χ1n) is 12.1. The van der Waals surface area contributed by atoms with E-state index in [0.717, 1.165) is 16.6 Å². The molecule has 4 rings (SSSR count). The van der Waals surface area contributed by atoms with Crippen molar-refractivity contribution in [3.8, 4) is 11.1 Å². The quantitative estimate of drug-likeness (QED) is 0.321. The van der Waals surface area contributed by atoms with Gasteiger partial charge in [-0.3, -0.25) is 9.48 Å². The molecule has 3 aromatic heterocycles. The average molecular weight is 506 g/mol. The average Bonchev–Trinajstić information content (AvgIpc) is 3.19. The van der Waals surface area contributed by atoms with Crippen LogP contribution in [-0.2, 0) is 5.54 Å². The Morgan fingerprint density at radius 2 is 1.76 bits per heavy atom. The van der Waals surface area contributed by atoms with Crippen LogP contribution in [-0.4, -0.2) is 32.4 Å². The molecule has 10 heteroatoms. The predicted molar refractivity (Wildman–Crippen MR) is 146 cm³/mol. The van der Waals surface area contributed by atoms with Gasteiger partial charge in [0, 0.05) is 36.3 Å². The molecule has 3 N–H and O–H groups in total. The maximum Gasteiger partial charge on any atom is 0.323 e. The van der Waals surface area contributed by atoms with Gasteiger partial charge in [0.1, 0.15) is 11.6 Å². The molecule has 0 saturated carbocycles. The van der Waals surface area contributed by atoms with Crippen molar-refractivity contribution >= 4 is 34.1 Å². The summed E-state index contributed by atoms with van der Waals surface area (Å²) in [7, 11) is 1.77. The molecular formula is C27H32FN7O2. The van der Waals surface area contributed by atoms with Gasteiger partial charge in [0.15, 0.2) is 0 Å². The Labute approximate surface area is 214 Å². The molecule has 37 heavy (non-hydrogen) atoms. The molecule has 0 saturated heterocycles. The second kappa shape index (κ2) is 9.68. The molecule has 0 aliphatic rings. The summed E-state index contributed by atoms with van der Waals surface area (Å²) in [5, 5.41) is 13.4. The fourth-order valence-electron chi connectivity index (χ4n) is 4.36. The lowest BCUT2D eigenvalue weighted by molar-refractivity contribution is 0.262. The maximum atomic E-state index is 14.7. The fraction of sp³-hybridized carbons (Fsp3) is 0.333. The van der Waals surface area contributed by atoms with Gasteiger partial charge in [-0.2, -0.15) is 5.10 Å². The summed E-state index contributed by atoms with van der Waals surface area (Å²) in [6, 6.07) is 7.05. The number of fused-ring (bicyclic) bond motifs is 1. The van der Waals surface area contributed by atoms with Gasteiger partial charge in [0.2, 0.25) is 0 Å². The second-order valence-corrected chi connectivity index (χ2v) is 10.2. The summed E-state index contributed by atoms with van der Waals surface area (Å²) in [6.45, 7) is 11.7. The van der Waals surface area contributed by atoms with E-state index >= 15 is 0 Å². The van der Waals surface area contributed by atoms with Gasteiger partial charge in [0.25, 0.3) is 5.56 Å². The number of urea groups is 1. The van der Waals surface area contributed by atoms with Crippen molar-refractivity contribution in [2.45, 2.75) is 53.1 Å². The monoisotopic (exact) mass is 505 g/mol. The van der Waals surface area contributed by atoms with E-state index in [-0.39, 0.29) is 22.8 Å². The highest BCUT2D eigenvalue weighted by atomic mass is 19.1. The van der Waals surface area contributed by atoms with Crippen LogP contribution in [0.2, 0.25) is 0 Å². The van der Waals surface area contributed by atoms with Gasteiger partial charge >= 0.3 is 6.03 Å². The number of carbonyl (C=O) groups excluding carboxylic acids is 1. The molecule has 9 nitrogen and oxygen atoms in total. The molecule has 0 bridgehead atoms. The highest BCUT2D eigenvalue weighted by Crippen LogP contribution is 2.28. The van der Waals surface area contributed by atoms with Crippen LogP contribution < -0.4 is 21.5 Å². The number of rotatable bonds is 5. The molecule has 2 amide bonds. The molecule has 0 spiro atoms. The number of carbonyl (C=O) groups is 1. The number of benzene rings is 1. The van der Waals surface area contributed by atoms with Crippen LogP contribution in [0.1, 0.15) is 46.4 Å². The zero-order valence-corrected chi connectivity index (χ0v) is 22.1. The van der Waals surface area contributed by atoms with Crippen molar-refractivity contribution in [3.63, 3.8) is 0 Å². The Morgan fingerprint density at radius 1 is 1.05 bits per heavy atom. The Hall–Kier alpha value is -4.21. The number of pyridine rings is 2. The first kappa shape index (κ1) is 25.9. The Kier molecular flexibility index (Phi) is 6.77. The number of anilines is 3. The first-order valence-corrected chi connectivity index (χ1v) is 12.1. The van der Waals surface area contributed by atoms with Crippen LogP contribution in [0.5, 0.6) is 0 Å². The normalized spacial score (nSPS) is 11.7. The van der Waals surface area contributed by atoms with E-state index in [2.05, 4.69) is 26.0 Å². The third kappa shape index (κ3) is 5.04. The lowest BCUT2D eigenvalue weighted by Gasteiger charge is -2.21. The largest absolute Gasteiger partial charge is 0.373 e. The van der Waals surface area contributed by atoms with Gasteiger partial charge in [-0.15, -0.1) is 0 Å². The fourth-order valence-corrected chi connectivity index (χ4v) is 4.36. The minimum atomic E-state index is -0.619. The van der Waals surface area contributed by atoms with Gasteiger partial charge in [-0.25, -0.2) is 14.2 Å². The second-order valence-electron chi connectivity index (χ2n) is 10.2. The van der Waals surface area contributed by atoms with E-state index in [4.69, 9.17) is 0 Å². The summed E-state index contributed by atoms with van der Waals surface area (Å²) in [5.41, 5.74) is 2.38. The van der Waals surface area contributed by atoms with Crippen molar-refractivity contribution in [1.82, 2.24) is 19.3 Å². The maximum absolute atomic E-state index is 14.7. The minimum Gasteiger partial charge on any atom is -0.373 e. The summed E-state index contributed by atoms with van der Waals surface area (Å²) in [6.07, 6.45) is 3.25. The zero-order valence-electron chi connectivity index (χ0n) is 22.1. The summed E-state index contributed by atoms with van der Waals surface area (Å²) in [4.78, 5) is 30.6. The van der Waals surface area contributed by atoms with Crippen molar-refractivity contribution in [1.29, 1.82) is 0 Å². The molecule has 0 aliphatic heterocycles. The Morgan fingerprint density at radius 3 is 2.38 bits per heavy atom. The highest BCUT2D eigenvalue weighted by Gasteiger charge is 2.20. The van der Waals surface area contributed by atoms with Crippen LogP contribution in [0.15, 0.2) is 47.5 Å². The number of nitrogens with zero attached hydrogens (tertiary/aromatic N) is 4. The summed E-state index contributed by atoms with van der Waals surface area (Å²) < 4.78 is 18.2. The molecule has 0 atom stereocenters. The topological polar surface area (TPSA) is 106 Å². The smallest absolute Gasteiger partial charge is 0.323 e. The van der Waals surface area contributed by atoms with Crippen molar-refractivity contribution in [3.05, 3.63) is 64.6 Å². The lowest BCUT2D eigenvalue weighted by Crippen LogP contribution is -2.25. The standard InChI is InChI=1S/C27H32FN7O2/c1-15(2)34-23-12-24(29-7)30-13-18(23)10-19(25(34)36)17-8-9-20(28)21(11-17)32-26(37)33-22-14-31-35(16(22)3)27(4,5)6/h8-15H,1-7H3,(H,29,30)(H2,32,33,37). The lowest BCUT2D eigenvalue weighted by atomic mass is 10.0. The zero-order chi connectivity index (χ0) is 27.1. The molecule has 1 aromatic carbocycles. The van der Waals surface area contributed by atoms with Gasteiger partial charge in [0.05, 0.1) is 34.3 Å². The highest BCUT2D eigenvalue weighted by molar-refractivity contribution is 6.00. The van der Waals surface area contributed by atoms with Crippen LogP contribution in [0.25, 0.3) is 22.0 Å². The number of aromatic nitrogens is 4. The van der Waals surface area contributed by atoms with E-state index in [1.54, 1.807) is 34.8 Å². The molecular weight excluding hydrogens is 473 g/mol. The third-order valence-electron chi connectivity index (χ3n) is 6.11. The van der Waals surface area contributed by atoms with E-state index < -0.39 is 11.8 Å². The first-order chi connectivity index (χ1) is 17.4. The minimum absolute atomic E-state index is 0.0462. The molecule has 0 unspecified atom stereocenters. The molecule has 3 heterocycles. The Balaban J connectivity index is 1.69. The third-order valence-corrected chi connectivity index (χ3v) is 6.11. The molecule has 0 aliphatic carbocycles. The number of amides is 2. The van der Waals surface area contributed by atoms with Gasteiger partial charge in [-0.1, -0.05) is 6.07 Å². The van der Waals surface area contributed by atoms with Gasteiger partial charge in [-0.05, 0) is 65.3 Å². The molecule has 0 radical (unpaired) electrons. The number of hydrogen-bond acceptors (Lipinski definition) is 5. The molecule has 4 aromatic rings. The van der Waals surface area contributed by atoms with E-state index in [1.807, 2.05) is 47.6 Å². The van der Waals surface area contributed by atoms with E-state index in [0.29, 0.717) is 22.6 Å². The number of halogens is 1. The van der Waals surface area contributed by atoms with Crippen LogP contribution in [0.4, 0.5) is 26.4 Å². The summed E-state index contributed by atoms with van der Waals surface area (Å²) in [5.74, 6) is 0.0305. The Bertz CT molecular complexity index is 1550. The van der Waals surface area contributed by atoms with Crippen LogP contribution >= 0.6 is 0 Å². The molecule has 0 fully saturated rings. The predicted octanol–water partition coefficient (Wildman–Crippen LogP) is 5.73. The number of nitrogens with one attached hydrogen (secondary N) is 3. The number of hydrogen-bond donors (Lipinski definition) is 3. The van der Waals surface area contributed by atoms with Crippen molar-refractivity contribution in [2.75, 3.05) is 23.0 Å². The van der Waals surface area contributed by atoms with Gasteiger partial charge < -0.3 is 20.5 Å². The van der Waals surface area contributed by atoms with Crippen LogP contribution in [0.3, 0.4) is 0 Å². The van der Waals surface area contributed by atoms with Crippen molar-refractivity contribution < 1.29 is 9.18 Å². The SMILES string of the molecule is CNc1cc2c(cn1)cc(-c1ccc(F)c(NC(=O)Nc3cnn(C(C)(C)C)c3C)c1)c(=O)n2C(C)C. The van der Waals surface area contributed by atoms with E-state index in [9.17, 15) is 14.0 Å². The van der Waals surface area contributed by atoms with Crippen molar-refractivity contribution in [2.24, 2.45) is 0 Å². The van der Waals surface area contributed by atoms with Crippen LogP contribution in [0, 0.1) is 12.7 Å². The summed E-state index contributed by atoms with van der Waals surface area (Å²) >= 11 is 0.